The molecule has 1 N–H and O–H groups in total. The fourth-order valence-corrected chi connectivity index (χ4v) is 3.22. The van der Waals surface area contributed by atoms with Crippen molar-refractivity contribution >= 4 is 23.1 Å². The topological polar surface area (TPSA) is 64.4 Å². The Morgan fingerprint density at radius 2 is 2.21 bits per heavy atom. The molecule has 1 aromatic rings. The van der Waals surface area contributed by atoms with E-state index in [1.165, 1.54) is 0 Å². The Balaban J connectivity index is 2.00. The Morgan fingerprint density at radius 1 is 1.47 bits per heavy atom. The van der Waals surface area contributed by atoms with Crippen molar-refractivity contribution in [3.63, 3.8) is 0 Å². The predicted octanol–water partition coefficient (Wildman–Crippen LogP) is 3.05. The number of thioether (sulfide) groups is 1. The second-order valence-electron chi connectivity index (χ2n) is 4.48. The zero-order valence-electron chi connectivity index (χ0n) is 10.9. The third kappa shape index (κ3) is 3.84. The van der Waals surface area contributed by atoms with Gasteiger partial charge in [-0.05, 0) is 24.5 Å². The van der Waals surface area contributed by atoms with Crippen LogP contribution in [-0.2, 0) is 10.5 Å². The molecule has 1 heterocycles. The lowest BCUT2D eigenvalue weighted by Gasteiger charge is -2.21. The van der Waals surface area contributed by atoms with Crippen molar-refractivity contribution in [1.29, 1.82) is 0 Å². The van der Waals surface area contributed by atoms with Crippen molar-refractivity contribution in [3.8, 4) is 0 Å². The summed E-state index contributed by atoms with van der Waals surface area (Å²) in [5, 5.41) is 14.4. The first kappa shape index (κ1) is 14.1. The van der Waals surface area contributed by atoms with Gasteiger partial charge in [-0.25, -0.2) is 0 Å². The first-order valence-electron chi connectivity index (χ1n) is 6.35. The van der Waals surface area contributed by atoms with Crippen molar-refractivity contribution in [3.05, 3.63) is 33.9 Å². The lowest BCUT2D eigenvalue weighted by Crippen LogP contribution is -2.17. The molecule has 0 aliphatic carbocycles. The van der Waals surface area contributed by atoms with E-state index >= 15 is 0 Å². The van der Waals surface area contributed by atoms with Crippen LogP contribution in [-0.4, -0.2) is 30.4 Å². The van der Waals surface area contributed by atoms with E-state index in [2.05, 4.69) is 5.32 Å². The average Bonchev–Trinajstić information content (AvgIpc) is 2.46. The summed E-state index contributed by atoms with van der Waals surface area (Å²) < 4.78 is 5.32. The minimum Gasteiger partial charge on any atom is -0.383 e. The number of ether oxygens (including phenoxy) is 1. The maximum Gasteiger partial charge on any atom is 0.292 e. The van der Waals surface area contributed by atoms with Gasteiger partial charge in [0.05, 0.1) is 4.92 Å². The van der Waals surface area contributed by atoms with Gasteiger partial charge >= 0.3 is 0 Å². The van der Waals surface area contributed by atoms with Crippen molar-refractivity contribution in [1.82, 2.24) is 0 Å². The van der Waals surface area contributed by atoms with E-state index in [4.69, 9.17) is 4.74 Å². The van der Waals surface area contributed by atoms with E-state index in [0.717, 1.165) is 37.4 Å². The fourth-order valence-electron chi connectivity index (χ4n) is 2.09. The minimum absolute atomic E-state index is 0.146. The predicted molar refractivity (Wildman–Crippen MR) is 77.8 cm³/mol. The van der Waals surface area contributed by atoms with Crippen LogP contribution in [0.25, 0.3) is 0 Å². The number of nitro benzene ring substituents is 1. The molecule has 1 aliphatic heterocycles. The van der Waals surface area contributed by atoms with E-state index in [9.17, 15) is 10.1 Å². The molecule has 0 aromatic heterocycles. The summed E-state index contributed by atoms with van der Waals surface area (Å²) in [5.41, 5.74) is 1.71. The number of nitrogens with one attached hydrogen (secondary N) is 1. The zero-order valence-corrected chi connectivity index (χ0v) is 11.7. The average molecular weight is 282 g/mol. The third-order valence-corrected chi connectivity index (χ3v) is 4.63. The third-order valence-electron chi connectivity index (χ3n) is 3.18. The first-order chi connectivity index (χ1) is 9.20. The van der Waals surface area contributed by atoms with E-state index < -0.39 is 0 Å². The Kier molecular flexibility index (Phi) is 5.04. The maximum absolute atomic E-state index is 11.0. The van der Waals surface area contributed by atoms with Crippen LogP contribution >= 0.6 is 11.8 Å². The smallest absolute Gasteiger partial charge is 0.292 e. The molecule has 0 atom stereocenters. The highest BCUT2D eigenvalue weighted by Gasteiger charge is 2.16. The van der Waals surface area contributed by atoms with E-state index in [0.29, 0.717) is 10.9 Å². The monoisotopic (exact) mass is 282 g/mol. The van der Waals surface area contributed by atoms with Gasteiger partial charge in [0.15, 0.2) is 0 Å². The minimum atomic E-state index is -0.339. The van der Waals surface area contributed by atoms with Gasteiger partial charge in [0.1, 0.15) is 5.69 Å². The fraction of sp³-hybridized carbons (Fsp3) is 0.538. The molecule has 1 saturated heterocycles. The molecular formula is C13H18N2O3S. The Hall–Kier alpha value is -1.27. The molecule has 5 nitrogen and oxygen atoms in total. The standard InChI is InChI=1S/C13H18N2O3S/c1-14-12-3-2-10(8-13(12)15(16)17)9-19-11-4-6-18-7-5-11/h2-3,8,11,14H,4-7,9H2,1H3. The van der Waals surface area contributed by atoms with Gasteiger partial charge in [-0.3, -0.25) is 10.1 Å². The van der Waals surface area contributed by atoms with Crippen LogP contribution in [0.3, 0.4) is 0 Å². The molecule has 104 valence electrons. The van der Waals surface area contributed by atoms with Crippen LogP contribution in [0.1, 0.15) is 18.4 Å². The van der Waals surface area contributed by atoms with Crippen LogP contribution in [0.5, 0.6) is 0 Å². The molecule has 19 heavy (non-hydrogen) atoms. The largest absolute Gasteiger partial charge is 0.383 e. The first-order valence-corrected chi connectivity index (χ1v) is 7.40. The summed E-state index contributed by atoms with van der Waals surface area (Å²) in [4.78, 5) is 10.6. The van der Waals surface area contributed by atoms with Crippen molar-refractivity contribution < 1.29 is 9.66 Å². The molecular weight excluding hydrogens is 264 g/mol. The van der Waals surface area contributed by atoms with Crippen LogP contribution in [0.4, 0.5) is 11.4 Å². The summed E-state index contributed by atoms with van der Waals surface area (Å²) in [7, 11) is 1.69. The van der Waals surface area contributed by atoms with Gasteiger partial charge in [0, 0.05) is 37.3 Å². The molecule has 0 bridgehead atoms. The van der Waals surface area contributed by atoms with E-state index in [1.807, 2.05) is 17.8 Å². The van der Waals surface area contributed by atoms with Crippen molar-refractivity contribution in [2.24, 2.45) is 0 Å². The lowest BCUT2D eigenvalue weighted by molar-refractivity contribution is -0.384. The van der Waals surface area contributed by atoms with Crippen LogP contribution in [0.2, 0.25) is 0 Å². The Morgan fingerprint density at radius 3 is 2.84 bits per heavy atom. The molecule has 0 radical (unpaired) electrons. The van der Waals surface area contributed by atoms with Gasteiger partial charge in [-0.2, -0.15) is 11.8 Å². The second-order valence-corrected chi connectivity index (χ2v) is 5.77. The highest BCUT2D eigenvalue weighted by molar-refractivity contribution is 7.99. The number of hydrogen-bond donors (Lipinski definition) is 1. The molecule has 6 heteroatoms. The highest BCUT2D eigenvalue weighted by atomic mass is 32.2. The number of rotatable bonds is 5. The van der Waals surface area contributed by atoms with Gasteiger partial charge in [0.2, 0.25) is 0 Å². The van der Waals surface area contributed by atoms with E-state index in [-0.39, 0.29) is 10.6 Å². The molecule has 2 rings (SSSR count). The van der Waals surface area contributed by atoms with Crippen LogP contribution in [0, 0.1) is 10.1 Å². The summed E-state index contributed by atoms with van der Waals surface area (Å²) in [6.07, 6.45) is 2.14. The molecule has 1 aromatic carbocycles. The molecule has 0 spiro atoms. The van der Waals surface area contributed by atoms with Gasteiger partial charge < -0.3 is 10.1 Å². The SMILES string of the molecule is CNc1ccc(CSC2CCOCC2)cc1[N+](=O)[O-]. The van der Waals surface area contributed by atoms with Gasteiger partial charge in [0.25, 0.3) is 5.69 Å². The van der Waals surface area contributed by atoms with Gasteiger partial charge in [-0.1, -0.05) is 6.07 Å². The number of anilines is 1. The second kappa shape index (κ2) is 6.77. The Bertz CT molecular complexity index is 448. The molecule has 0 saturated carbocycles. The molecule has 1 aliphatic rings. The van der Waals surface area contributed by atoms with E-state index in [1.54, 1.807) is 19.2 Å². The molecule has 1 fully saturated rings. The number of hydrogen-bond acceptors (Lipinski definition) is 5. The van der Waals surface area contributed by atoms with Crippen molar-refractivity contribution in [2.45, 2.75) is 23.8 Å². The number of nitro groups is 1. The number of benzene rings is 1. The van der Waals surface area contributed by atoms with Crippen LogP contribution in [0.15, 0.2) is 18.2 Å². The summed E-state index contributed by atoms with van der Waals surface area (Å²) in [6.45, 7) is 1.66. The molecule has 0 unspecified atom stereocenters. The Labute approximate surface area is 116 Å². The number of nitrogens with zero attached hydrogens (tertiary/aromatic N) is 1. The van der Waals surface area contributed by atoms with Crippen molar-refractivity contribution in [2.75, 3.05) is 25.6 Å². The van der Waals surface area contributed by atoms with Gasteiger partial charge in [-0.15, -0.1) is 0 Å². The molecule has 0 amide bonds. The zero-order chi connectivity index (χ0) is 13.7. The summed E-state index contributed by atoms with van der Waals surface area (Å²) in [6, 6.07) is 5.39. The summed E-state index contributed by atoms with van der Waals surface area (Å²) in [5.74, 6) is 0.815. The lowest BCUT2D eigenvalue weighted by atomic mass is 10.2. The normalized spacial score (nSPS) is 16.3. The van der Waals surface area contributed by atoms with Crippen LogP contribution < -0.4 is 5.32 Å². The highest BCUT2D eigenvalue weighted by Crippen LogP contribution is 2.30. The quantitative estimate of drug-likeness (QED) is 0.664. The summed E-state index contributed by atoms with van der Waals surface area (Å²) >= 11 is 1.86. The maximum atomic E-state index is 11.0.